The van der Waals surface area contributed by atoms with E-state index in [1.165, 1.54) is 18.2 Å². The van der Waals surface area contributed by atoms with Crippen LogP contribution in [0.3, 0.4) is 0 Å². The van der Waals surface area contributed by atoms with Crippen molar-refractivity contribution in [1.29, 1.82) is 0 Å². The first-order valence-electron chi connectivity index (χ1n) is 8.80. The van der Waals surface area contributed by atoms with Gasteiger partial charge in [-0.15, -0.1) is 0 Å². The summed E-state index contributed by atoms with van der Waals surface area (Å²) in [4.78, 5) is 24.6. The monoisotopic (exact) mass is 355 g/mol. The number of nitrogens with one attached hydrogen (secondary N) is 2. The summed E-state index contributed by atoms with van der Waals surface area (Å²) in [6, 6.07) is 10.6. The number of hydrogen-bond donors (Lipinski definition) is 3. The molecular weight excluding hydrogens is 333 g/mol. The van der Waals surface area contributed by atoms with Crippen molar-refractivity contribution >= 4 is 28.9 Å². The van der Waals surface area contributed by atoms with E-state index in [0.29, 0.717) is 16.9 Å². The molecule has 136 valence electrons. The molecule has 3 rings (SSSR count). The van der Waals surface area contributed by atoms with Crippen molar-refractivity contribution in [3.63, 3.8) is 0 Å². The quantitative estimate of drug-likeness (QED) is 0.719. The molecule has 0 heterocycles. The summed E-state index contributed by atoms with van der Waals surface area (Å²) in [6.45, 7) is 0. The van der Waals surface area contributed by atoms with E-state index >= 15 is 0 Å². The van der Waals surface area contributed by atoms with Gasteiger partial charge < -0.3 is 16.4 Å². The van der Waals surface area contributed by atoms with Crippen LogP contribution < -0.4 is 16.4 Å². The summed E-state index contributed by atoms with van der Waals surface area (Å²) in [5.41, 5.74) is 7.11. The van der Waals surface area contributed by atoms with Crippen LogP contribution in [-0.2, 0) is 4.79 Å². The van der Waals surface area contributed by atoms with E-state index in [1.54, 1.807) is 24.3 Å². The average molecular weight is 355 g/mol. The molecule has 1 saturated carbocycles. The molecule has 0 saturated heterocycles. The SMILES string of the molecule is Nc1ccc(C(=O)Nc2ccc(F)c(NC(=O)C3CCCCC3)c2)cc1. The van der Waals surface area contributed by atoms with E-state index in [9.17, 15) is 14.0 Å². The predicted octanol–water partition coefficient (Wildman–Crippen LogP) is 4.18. The smallest absolute Gasteiger partial charge is 0.255 e. The molecule has 1 fully saturated rings. The Morgan fingerprint density at radius 2 is 1.65 bits per heavy atom. The van der Waals surface area contributed by atoms with Crippen molar-refractivity contribution in [2.45, 2.75) is 32.1 Å². The van der Waals surface area contributed by atoms with E-state index in [-0.39, 0.29) is 23.4 Å². The first kappa shape index (κ1) is 17.9. The molecule has 0 bridgehead atoms. The Bertz CT molecular complexity index is 799. The van der Waals surface area contributed by atoms with E-state index in [4.69, 9.17) is 5.73 Å². The highest BCUT2D eigenvalue weighted by atomic mass is 19.1. The molecule has 26 heavy (non-hydrogen) atoms. The van der Waals surface area contributed by atoms with Gasteiger partial charge in [-0.05, 0) is 55.3 Å². The lowest BCUT2D eigenvalue weighted by Gasteiger charge is -2.21. The third kappa shape index (κ3) is 4.39. The van der Waals surface area contributed by atoms with E-state index < -0.39 is 5.82 Å². The van der Waals surface area contributed by atoms with Gasteiger partial charge >= 0.3 is 0 Å². The van der Waals surface area contributed by atoms with Gasteiger partial charge in [0.1, 0.15) is 5.82 Å². The van der Waals surface area contributed by atoms with Crippen molar-refractivity contribution in [2.75, 3.05) is 16.4 Å². The number of nitrogen functional groups attached to an aromatic ring is 1. The molecule has 2 amide bonds. The molecule has 0 aliphatic heterocycles. The number of benzene rings is 2. The molecule has 0 radical (unpaired) electrons. The Kier molecular flexibility index (Phi) is 5.51. The first-order chi connectivity index (χ1) is 12.5. The maximum Gasteiger partial charge on any atom is 0.255 e. The fourth-order valence-corrected chi connectivity index (χ4v) is 3.14. The normalized spacial score (nSPS) is 14.7. The summed E-state index contributed by atoms with van der Waals surface area (Å²) in [7, 11) is 0. The van der Waals surface area contributed by atoms with Crippen molar-refractivity contribution in [3.05, 3.63) is 53.8 Å². The Morgan fingerprint density at radius 1 is 0.962 bits per heavy atom. The van der Waals surface area contributed by atoms with Crippen molar-refractivity contribution < 1.29 is 14.0 Å². The van der Waals surface area contributed by atoms with Crippen LogP contribution in [0.25, 0.3) is 0 Å². The maximum atomic E-state index is 14.1. The highest BCUT2D eigenvalue weighted by molar-refractivity contribution is 6.05. The zero-order valence-electron chi connectivity index (χ0n) is 14.4. The second-order valence-corrected chi connectivity index (χ2v) is 6.59. The number of nitrogens with two attached hydrogens (primary N) is 1. The molecule has 0 atom stereocenters. The predicted molar refractivity (Wildman–Crippen MR) is 100 cm³/mol. The number of rotatable bonds is 4. The molecule has 0 spiro atoms. The van der Waals surface area contributed by atoms with Gasteiger partial charge in [-0.1, -0.05) is 19.3 Å². The van der Waals surface area contributed by atoms with Gasteiger partial charge in [0.2, 0.25) is 5.91 Å². The maximum absolute atomic E-state index is 14.1. The summed E-state index contributed by atoms with van der Waals surface area (Å²) in [5.74, 6) is -1.09. The third-order valence-corrected chi connectivity index (χ3v) is 4.63. The van der Waals surface area contributed by atoms with Crippen molar-refractivity contribution in [2.24, 2.45) is 5.92 Å². The topological polar surface area (TPSA) is 84.2 Å². The van der Waals surface area contributed by atoms with Crippen LogP contribution in [0, 0.1) is 11.7 Å². The zero-order chi connectivity index (χ0) is 18.5. The second-order valence-electron chi connectivity index (χ2n) is 6.59. The van der Waals surface area contributed by atoms with E-state index in [0.717, 1.165) is 32.1 Å². The summed E-state index contributed by atoms with van der Waals surface area (Å²) >= 11 is 0. The van der Waals surface area contributed by atoms with Gasteiger partial charge in [0.05, 0.1) is 5.69 Å². The number of carbonyl (C=O) groups excluding carboxylic acids is 2. The largest absolute Gasteiger partial charge is 0.399 e. The minimum Gasteiger partial charge on any atom is -0.399 e. The summed E-state index contributed by atoms with van der Waals surface area (Å²) in [5, 5.41) is 5.36. The zero-order valence-corrected chi connectivity index (χ0v) is 14.4. The number of anilines is 3. The van der Waals surface area contributed by atoms with Crippen LogP contribution in [0.5, 0.6) is 0 Å². The molecule has 4 N–H and O–H groups in total. The molecule has 0 unspecified atom stereocenters. The molecule has 2 aromatic rings. The van der Waals surface area contributed by atoms with Crippen molar-refractivity contribution in [3.8, 4) is 0 Å². The lowest BCUT2D eigenvalue weighted by Crippen LogP contribution is -2.25. The standard InChI is InChI=1S/C20H22FN3O2/c21-17-11-10-16(23-19(25)14-6-8-15(22)9-7-14)12-18(17)24-20(26)13-4-2-1-3-5-13/h6-13H,1-5,22H2,(H,23,25)(H,24,26). The number of halogens is 1. The Hall–Kier alpha value is -2.89. The molecule has 1 aliphatic carbocycles. The molecule has 1 aliphatic rings. The first-order valence-corrected chi connectivity index (χ1v) is 8.80. The molecule has 5 nitrogen and oxygen atoms in total. The third-order valence-electron chi connectivity index (χ3n) is 4.63. The number of hydrogen-bond acceptors (Lipinski definition) is 3. The van der Waals surface area contributed by atoms with Crippen LogP contribution in [0.2, 0.25) is 0 Å². The minimum absolute atomic E-state index is 0.0730. The van der Waals surface area contributed by atoms with Crippen LogP contribution in [0.15, 0.2) is 42.5 Å². The van der Waals surface area contributed by atoms with Gasteiger partial charge in [0.15, 0.2) is 0 Å². The van der Waals surface area contributed by atoms with Crippen LogP contribution in [0.4, 0.5) is 21.5 Å². The molecule has 2 aromatic carbocycles. The Morgan fingerprint density at radius 3 is 2.35 bits per heavy atom. The minimum atomic E-state index is -0.528. The van der Waals surface area contributed by atoms with Gasteiger partial charge in [-0.25, -0.2) is 4.39 Å². The Labute approximate surface area is 151 Å². The number of amides is 2. The Balaban J connectivity index is 1.69. The van der Waals surface area contributed by atoms with E-state index in [1.807, 2.05) is 0 Å². The lowest BCUT2D eigenvalue weighted by atomic mass is 9.88. The van der Waals surface area contributed by atoms with Crippen LogP contribution in [0.1, 0.15) is 42.5 Å². The van der Waals surface area contributed by atoms with E-state index in [2.05, 4.69) is 10.6 Å². The summed E-state index contributed by atoms with van der Waals surface area (Å²) < 4.78 is 14.1. The van der Waals surface area contributed by atoms with Gasteiger partial charge in [-0.2, -0.15) is 0 Å². The molecule has 6 heteroatoms. The number of carbonyl (C=O) groups is 2. The second kappa shape index (κ2) is 7.99. The van der Waals surface area contributed by atoms with Crippen molar-refractivity contribution in [1.82, 2.24) is 0 Å². The highest BCUT2D eigenvalue weighted by Gasteiger charge is 2.22. The van der Waals surface area contributed by atoms with Crippen LogP contribution in [-0.4, -0.2) is 11.8 Å². The summed E-state index contributed by atoms with van der Waals surface area (Å²) in [6.07, 6.45) is 4.86. The van der Waals surface area contributed by atoms with Gasteiger partial charge in [0.25, 0.3) is 5.91 Å². The van der Waals surface area contributed by atoms with Gasteiger partial charge in [0, 0.05) is 22.9 Å². The fourth-order valence-electron chi connectivity index (χ4n) is 3.14. The molecule has 0 aromatic heterocycles. The average Bonchev–Trinajstić information content (AvgIpc) is 2.65. The van der Waals surface area contributed by atoms with Gasteiger partial charge in [-0.3, -0.25) is 9.59 Å². The molecular formula is C20H22FN3O2. The fraction of sp³-hybridized carbons (Fsp3) is 0.300. The highest BCUT2D eigenvalue weighted by Crippen LogP contribution is 2.26. The van der Waals surface area contributed by atoms with Crippen LogP contribution >= 0.6 is 0 Å². The lowest BCUT2D eigenvalue weighted by molar-refractivity contribution is -0.120.